The Morgan fingerprint density at radius 3 is 2.34 bits per heavy atom. The van der Waals surface area contributed by atoms with Crippen molar-refractivity contribution in [2.45, 2.75) is 0 Å². The average molecular weight is 506 g/mol. The van der Waals surface area contributed by atoms with Gasteiger partial charge in [-0.3, -0.25) is 9.59 Å². The van der Waals surface area contributed by atoms with Crippen LogP contribution in [0.5, 0.6) is 5.75 Å². The Labute approximate surface area is 210 Å². The molecule has 0 atom stereocenters. The highest BCUT2D eigenvalue weighted by Gasteiger charge is 2.17. The van der Waals surface area contributed by atoms with Crippen molar-refractivity contribution >= 4 is 63.7 Å². The molecule has 2 N–H and O–H groups in total. The van der Waals surface area contributed by atoms with Crippen LogP contribution in [-0.2, 0) is 9.59 Å². The minimum Gasteiger partial charge on any atom is -0.422 e. The molecule has 0 bridgehead atoms. The highest BCUT2D eigenvalue weighted by atomic mass is 35.5. The van der Waals surface area contributed by atoms with E-state index in [0.29, 0.717) is 21.7 Å². The van der Waals surface area contributed by atoms with Gasteiger partial charge < -0.3 is 10.1 Å². The smallest absolute Gasteiger partial charge is 0.345 e. The summed E-state index contributed by atoms with van der Waals surface area (Å²) in [7, 11) is 0. The van der Waals surface area contributed by atoms with Gasteiger partial charge in [0.15, 0.2) is 0 Å². The van der Waals surface area contributed by atoms with Crippen LogP contribution >= 0.6 is 23.2 Å². The van der Waals surface area contributed by atoms with Crippen LogP contribution in [0.15, 0.2) is 90.0 Å². The van der Waals surface area contributed by atoms with Crippen molar-refractivity contribution in [1.29, 1.82) is 0 Å². The van der Waals surface area contributed by atoms with Crippen molar-refractivity contribution < 1.29 is 19.1 Å². The van der Waals surface area contributed by atoms with Crippen LogP contribution in [0.25, 0.3) is 10.8 Å². The van der Waals surface area contributed by atoms with Crippen molar-refractivity contribution in [3.8, 4) is 5.75 Å². The van der Waals surface area contributed by atoms with E-state index >= 15 is 0 Å². The zero-order valence-electron chi connectivity index (χ0n) is 18.0. The molecule has 0 aliphatic rings. The summed E-state index contributed by atoms with van der Waals surface area (Å²) in [6.07, 6.45) is 1.31. The van der Waals surface area contributed by atoms with E-state index < -0.39 is 17.8 Å². The zero-order chi connectivity index (χ0) is 24.8. The third-order valence-electron chi connectivity index (χ3n) is 4.88. The third-order valence-corrected chi connectivity index (χ3v) is 5.43. The van der Waals surface area contributed by atoms with Crippen LogP contribution < -0.4 is 15.5 Å². The quantitative estimate of drug-likeness (QED) is 0.124. The second kappa shape index (κ2) is 10.8. The molecule has 0 aliphatic carbocycles. The number of nitrogens with one attached hydrogen (secondary N) is 2. The molecule has 0 saturated heterocycles. The van der Waals surface area contributed by atoms with Crippen molar-refractivity contribution in [1.82, 2.24) is 5.43 Å². The van der Waals surface area contributed by atoms with Gasteiger partial charge >= 0.3 is 17.8 Å². The molecule has 9 heteroatoms. The van der Waals surface area contributed by atoms with Crippen molar-refractivity contribution in [3.63, 3.8) is 0 Å². The molecule has 7 nitrogen and oxygen atoms in total. The molecule has 0 aliphatic heterocycles. The summed E-state index contributed by atoms with van der Waals surface area (Å²) >= 11 is 12.0. The predicted octanol–water partition coefficient (Wildman–Crippen LogP) is 5.45. The number of esters is 1. The number of carbonyl (C=O) groups is 3. The number of fused-ring (bicyclic) bond motifs is 1. The Hall–Kier alpha value is -4.20. The molecule has 0 saturated carbocycles. The number of hydrogen-bond donors (Lipinski definition) is 2. The molecule has 0 heterocycles. The van der Waals surface area contributed by atoms with E-state index in [9.17, 15) is 14.4 Å². The first kappa shape index (κ1) is 23.9. The van der Waals surface area contributed by atoms with Gasteiger partial charge in [-0.2, -0.15) is 5.10 Å². The summed E-state index contributed by atoms with van der Waals surface area (Å²) in [6, 6.07) is 23.7. The number of nitrogens with zero attached hydrogens (tertiary/aromatic N) is 1. The van der Waals surface area contributed by atoms with E-state index in [-0.39, 0.29) is 16.3 Å². The minimum absolute atomic E-state index is 0.137. The van der Waals surface area contributed by atoms with E-state index in [1.165, 1.54) is 24.4 Å². The topological polar surface area (TPSA) is 96.9 Å². The van der Waals surface area contributed by atoms with Gasteiger partial charge in [0.25, 0.3) is 0 Å². The molecule has 4 aromatic rings. The highest BCUT2D eigenvalue weighted by molar-refractivity contribution is 6.39. The monoisotopic (exact) mass is 505 g/mol. The Morgan fingerprint density at radius 1 is 0.829 bits per heavy atom. The Balaban J connectivity index is 1.56. The lowest BCUT2D eigenvalue weighted by molar-refractivity contribution is -0.136. The number of ether oxygens (including phenoxy) is 1. The summed E-state index contributed by atoms with van der Waals surface area (Å²) in [6.45, 7) is 0. The number of carbonyl (C=O) groups excluding carboxylic acids is 3. The van der Waals surface area contributed by atoms with Crippen LogP contribution in [0, 0.1) is 0 Å². The number of amides is 2. The Morgan fingerprint density at radius 2 is 1.57 bits per heavy atom. The largest absolute Gasteiger partial charge is 0.422 e. The van der Waals surface area contributed by atoms with Crippen molar-refractivity contribution in [2.24, 2.45) is 5.10 Å². The molecule has 4 aromatic carbocycles. The van der Waals surface area contributed by atoms with Gasteiger partial charge in [0.2, 0.25) is 0 Å². The maximum atomic E-state index is 12.8. The summed E-state index contributed by atoms with van der Waals surface area (Å²) in [5, 5.41) is 8.48. The number of hydrazone groups is 1. The normalized spacial score (nSPS) is 10.8. The van der Waals surface area contributed by atoms with Gasteiger partial charge in [0.05, 0.1) is 16.8 Å². The van der Waals surface area contributed by atoms with E-state index in [0.717, 1.165) is 5.39 Å². The summed E-state index contributed by atoms with van der Waals surface area (Å²) < 4.78 is 5.59. The minimum atomic E-state index is -0.961. The molecule has 0 aromatic heterocycles. The van der Waals surface area contributed by atoms with Crippen molar-refractivity contribution in [2.75, 3.05) is 5.32 Å². The molecule has 2 amide bonds. The molecule has 0 unspecified atom stereocenters. The molecular formula is C26H17Cl2N3O4. The third kappa shape index (κ3) is 5.84. The van der Waals surface area contributed by atoms with Gasteiger partial charge in [-0.1, -0.05) is 71.7 Å². The fourth-order valence-electron chi connectivity index (χ4n) is 3.22. The second-order valence-electron chi connectivity index (χ2n) is 7.23. The van der Waals surface area contributed by atoms with Crippen LogP contribution in [0.2, 0.25) is 10.0 Å². The van der Waals surface area contributed by atoms with Crippen LogP contribution in [-0.4, -0.2) is 24.0 Å². The maximum absolute atomic E-state index is 12.8. The molecule has 0 spiro atoms. The first-order valence-corrected chi connectivity index (χ1v) is 11.1. The summed E-state index contributed by atoms with van der Waals surface area (Å²) in [5.74, 6) is -2.35. The number of rotatable bonds is 5. The lowest BCUT2D eigenvalue weighted by Gasteiger charge is -2.11. The molecule has 0 fully saturated rings. The fourth-order valence-corrected chi connectivity index (χ4v) is 3.71. The van der Waals surface area contributed by atoms with E-state index in [2.05, 4.69) is 15.8 Å². The molecule has 35 heavy (non-hydrogen) atoms. The average Bonchev–Trinajstić information content (AvgIpc) is 2.85. The zero-order valence-corrected chi connectivity index (χ0v) is 19.5. The Kier molecular flexibility index (Phi) is 7.40. The van der Waals surface area contributed by atoms with Crippen LogP contribution in [0.3, 0.4) is 0 Å². The number of para-hydroxylation sites is 1. The second-order valence-corrected chi connectivity index (χ2v) is 8.08. The van der Waals surface area contributed by atoms with E-state index in [1.807, 2.05) is 24.3 Å². The lowest BCUT2D eigenvalue weighted by atomic mass is 10.0. The van der Waals surface area contributed by atoms with Gasteiger partial charge in [-0.05, 0) is 47.2 Å². The molecule has 4 rings (SSSR count). The number of halogens is 2. The van der Waals surface area contributed by atoms with Gasteiger partial charge in [-0.25, -0.2) is 10.2 Å². The van der Waals surface area contributed by atoms with Gasteiger partial charge in [0.1, 0.15) is 5.75 Å². The number of anilines is 1. The SMILES string of the molecule is O=C(N/N=C/c1c(OC(=O)c2ccc(Cl)cc2Cl)ccc2ccccc12)C(=O)Nc1ccccc1. The Bertz CT molecular complexity index is 1460. The van der Waals surface area contributed by atoms with Crippen molar-refractivity contribution in [3.05, 3.63) is 106 Å². The summed E-state index contributed by atoms with van der Waals surface area (Å²) in [5.41, 5.74) is 3.22. The first-order chi connectivity index (χ1) is 16.9. The van der Waals surface area contributed by atoms with Crippen LogP contribution in [0.4, 0.5) is 5.69 Å². The van der Waals surface area contributed by atoms with E-state index in [1.54, 1.807) is 42.5 Å². The number of hydrogen-bond acceptors (Lipinski definition) is 5. The molecule has 174 valence electrons. The van der Waals surface area contributed by atoms with Gasteiger partial charge in [0, 0.05) is 16.3 Å². The summed E-state index contributed by atoms with van der Waals surface area (Å²) in [4.78, 5) is 37.0. The van der Waals surface area contributed by atoms with Gasteiger partial charge in [-0.15, -0.1) is 0 Å². The van der Waals surface area contributed by atoms with E-state index in [4.69, 9.17) is 27.9 Å². The lowest BCUT2D eigenvalue weighted by Crippen LogP contribution is -2.32. The predicted molar refractivity (Wildman–Crippen MR) is 136 cm³/mol. The highest BCUT2D eigenvalue weighted by Crippen LogP contribution is 2.29. The fraction of sp³-hybridized carbons (Fsp3) is 0. The standard InChI is InChI=1S/C26H17Cl2N3O4/c27-17-11-12-20(22(28)14-17)26(34)35-23-13-10-16-6-4-5-9-19(16)21(23)15-29-31-25(33)24(32)30-18-7-2-1-3-8-18/h1-15H,(H,30,32)(H,31,33)/b29-15+. The number of benzene rings is 4. The maximum Gasteiger partial charge on any atom is 0.345 e. The molecular weight excluding hydrogens is 489 g/mol. The molecule has 0 radical (unpaired) electrons. The van der Waals surface area contributed by atoms with Crippen LogP contribution in [0.1, 0.15) is 15.9 Å². The first-order valence-electron chi connectivity index (χ1n) is 10.3.